The fourth-order valence-corrected chi connectivity index (χ4v) is 3.24. The van der Waals surface area contributed by atoms with E-state index in [1.165, 1.54) is 17.4 Å². The summed E-state index contributed by atoms with van der Waals surface area (Å²) in [5.41, 5.74) is -0.364. The summed E-state index contributed by atoms with van der Waals surface area (Å²) in [4.78, 5) is 35.1. The van der Waals surface area contributed by atoms with Crippen molar-refractivity contribution in [2.45, 2.75) is 20.0 Å². The highest BCUT2D eigenvalue weighted by molar-refractivity contribution is 9.11. The first-order valence-electron chi connectivity index (χ1n) is 6.37. The van der Waals surface area contributed by atoms with Crippen LogP contribution in [-0.2, 0) is 13.0 Å². The van der Waals surface area contributed by atoms with Crippen LogP contribution in [0.1, 0.15) is 17.4 Å². The van der Waals surface area contributed by atoms with E-state index < -0.39 is 11.2 Å². The van der Waals surface area contributed by atoms with Crippen LogP contribution in [0.4, 0.5) is 0 Å². The standard InChI is InChI=1S/C13H10BrN3O4S/c1-2-6-3-8(18)21-11-9(6)10(19)16-13(17-11)20-5-7-4-15-12(14)22-7/h3-4H,2,5H2,1H3,(H,16,17,19). The fourth-order valence-electron chi connectivity index (χ4n) is 1.97. The Morgan fingerprint density at radius 1 is 1.45 bits per heavy atom. The van der Waals surface area contributed by atoms with Gasteiger partial charge in [0.25, 0.3) is 11.6 Å². The van der Waals surface area contributed by atoms with Gasteiger partial charge in [-0.15, -0.1) is 11.3 Å². The summed E-state index contributed by atoms with van der Waals surface area (Å²) in [5.74, 6) is 0. The van der Waals surface area contributed by atoms with Crippen LogP contribution in [0, 0.1) is 0 Å². The van der Waals surface area contributed by atoms with Gasteiger partial charge >= 0.3 is 5.63 Å². The number of H-pyrrole nitrogens is 1. The van der Waals surface area contributed by atoms with Crippen molar-refractivity contribution in [3.63, 3.8) is 0 Å². The second kappa shape index (κ2) is 6.01. The van der Waals surface area contributed by atoms with E-state index >= 15 is 0 Å². The van der Waals surface area contributed by atoms with Crippen molar-refractivity contribution < 1.29 is 9.15 Å². The number of thiazole rings is 1. The van der Waals surface area contributed by atoms with Gasteiger partial charge < -0.3 is 9.15 Å². The molecule has 3 aromatic heterocycles. The average molecular weight is 384 g/mol. The summed E-state index contributed by atoms with van der Waals surface area (Å²) < 4.78 is 11.2. The van der Waals surface area contributed by atoms with E-state index in [2.05, 4.69) is 30.9 Å². The second-order valence-electron chi connectivity index (χ2n) is 4.36. The molecule has 7 nitrogen and oxygen atoms in total. The molecule has 0 saturated heterocycles. The molecule has 0 saturated carbocycles. The molecule has 0 bridgehead atoms. The molecule has 114 valence electrons. The van der Waals surface area contributed by atoms with Gasteiger partial charge in [0.2, 0.25) is 5.71 Å². The Kier molecular flexibility index (Phi) is 4.08. The Balaban J connectivity index is 1.98. The largest absolute Gasteiger partial charge is 0.459 e. The van der Waals surface area contributed by atoms with E-state index in [1.807, 2.05) is 6.92 Å². The minimum Gasteiger partial charge on any atom is -0.459 e. The maximum atomic E-state index is 12.2. The highest BCUT2D eigenvalue weighted by atomic mass is 79.9. The molecule has 0 amide bonds. The van der Waals surface area contributed by atoms with Crippen molar-refractivity contribution in [1.82, 2.24) is 15.0 Å². The van der Waals surface area contributed by atoms with Crippen LogP contribution in [0.25, 0.3) is 11.1 Å². The molecule has 0 spiro atoms. The number of aromatic amines is 1. The third-order valence-corrected chi connectivity index (χ3v) is 4.38. The van der Waals surface area contributed by atoms with Crippen LogP contribution in [0.5, 0.6) is 6.01 Å². The van der Waals surface area contributed by atoms with Crippen molar-refractivity contribution in [1.29, 1.82) is 0 Å². The van der Waals surface area contributed by atoms with Gasteiger partial charge in [0.15, 0.2) is 3.92 Å². The topological polar surface area (TPSA) is 98.1 Å². The summed E-state index contributed by atoms with van der Waals surface area (Å²) in [5, 5.41) is 0.273. The monoisotopic (exact) mass is 383 g/mol. The maximum Gasteiger partial charge on any atom is 0.337 e. The van der Waals surface area contributed by atoms with Crippen molar-refractivity contribution in [2.75, 3.05) is 0 Å². The number of hydrogen-bond acceptors (Lipinski definition) is 7. The van der Waals surface area contributed by atoms with E-state index in [1.54, 1.807) is 6.20 Å². The molecular weight excluding hydrogens is 374 g/mol. The van der Waals surface area contributed by atoms with E-state index in [9.17, 15) is 9.59 Å². The third-order valence-electron chi connectivity index (χ3n) is 2.93. The van der Waals surface area contributed by atoms with Crippen molar-refractivity contribution in [3.05, 3.63) is 47.4 Å². The first-order chi connectivity index (χ1) is 10.6. The number of aromatic nitrogens is 3. The molecule has 3 heterocycles. The van der Waals surface area contributed by atoms with E-state index in [-0.39, 0.29) is 23.7 Å². The Hall–Kier alpha value is -2.00. The van der Waals surface area contributed by atoms with Gasteiger partial charge in [-0.1, -0.05) is 6.92 Å². The minimum atomic E-state index is -0.542. The predicted molar refractivity (Wildman–Crippen MR) is 84.4 cm³/mol. The molecule has 0 aliphatic rings. The van der Waals surface area contributed by atoms with Gasteiger partial charge in [-0.2, -0.15) is 4.98 Å². The SMILES string of the molecule is CCc1cc(=O)oc2nc(OCc3cnc(Br)s3)[nH]c(=O)c12. The molecule has 0 aliphatic heterocycles. The first kappa shape index (κ1) is 14.9. The van der Waals surface area contributed by atoms with Crippen LogP contribution in [0.2, 0.25) is 0 Å². The Bertz CT molecular complexity index is 946. The minimum absolute atomic E-state index is 0.00146. The molecule has 1 N–H and O–H groups in total. The molecule has 3 rings (SSSR count). The molecule has 0 fully saturated rings. The lowest BCUT2D eigenvalue weighted by Crippen LogP contribution is -2.15. The number of ether oxygens (including phenoxy) is 1. The first-order valence-corrected chi connectivity index (χ1v) is 7.98. The van der Waals surface area contributed by atoms with E-state index in [0.29, 0.717) is 12.0 Å². The zero-order valence-electron chi connectivity index (χ0n) is 11.4. The van der Waals surface area contributed by atoms with Gasteiger partial charge in [-0.3, -0.25) is 9.78 Å². The van der Waals surface area contributed by atoms with Gasteiger partial charge in [-0.05, 0) is 27.9 Å². The number of hydrogen-bond donors (Lipinski definition) is 1. The lowest BCUT2D eigenvalue weighted by molar-refractivity contribution is 0.282. The summed E-state index contributed by atoms with van der Waals surface area (Å²) in [7, 11) is 0. The smallest absolute Gasteiger partial charge is 0.337 e. The van der Waals surface area contributed by atoms with Gasteiger partial charge in [-0.25, -0.2) is 9.78 Å². The van der Waals surface area contributed by atoms with Crippen molar-refractivity contribution in [2.24, 2.45) is 0 Å². The molecule has 3 aromatic rings. The van der Waals surface area contributed by atoms with Gasteiger partial charge in [0.1, 0.15) is 12.0 Å². The molecule has 0 radical (unpaired) electrons. The van der Waals surface area contributed by atoms with E-state index in [4.69, 9.17) is 9.15 Å². The fraction of sp³-hybridized carbons (Fsp3) is 0.231. The summed E-state index contributed by atoms with van der Waals surface area (Å²) in [6.45, 7) is 2.05. The highest BCUT2D eigenvalue weighted by Gasteiger charge is 2.12. The maximum absolute atomic E-state index is 12.2. The van der Waals surface area contributed by atoms with Gasteiger partial charge in [0, 0.05) is 12.3 Å². The number of halogens is 1. The second-order valence-corrected chi connectivity index (χ2v) is 6.75. The molecule has 0 atom stereocenters. The Morgan fingerprint density at radius 3 is 2.95 bits per heavy atom. The molecule has 0 aliphatic carbocycles. The highest BCUT2D eigenvalue weighted by Crippen LogP contribution is 2.20. The van der Waals surface area contributed by atoms with Crippen LogP contribution < -0.4 is 15.9 Å². The summed E-state index contributed by atoms with van der Waals surface area (Å²) >= 11 is 4.67. The number of aryl methyl sites for hydroxylation is 1. The van der Waals surface area contributed by atoms with Gasteiger partial charge in [0.05, 0.1) is 4.88 Å². The summed E-state index contributed by atoms with van der Waals surface area (Å²) in [6.07, 6.45) is 2.19. The Labute approximate surface area is 136 Å². The van der Waals surface area contributed by atoms with E-state index in [0.717, 1.165) is 8.79 Å². The molecular formula is C13H10BrN3O4S. The van der Waals surface area contributed by atoms with Crippen LogP contribution >= 0.6 is 27.3 Å². The summed E-state index contributed by atoms with van der Waals surface area (Å²) in [6, 6.07) is 1.30. The number of nitrogens with zero attached hydrogens (tertiary/aromatic N) is 2. The zero-order chi connectivity index (χ0) is 15.7. The van der Waals surface area contributed by atoms with Crippen molar-refractivity contribution in [3.8, 4) is 6.01 Å². The van der Waals surface area contributed by atoms with Crippen LogP contribution in [0.3, 0.4) is 0 Å². The van der Waals surface area contributed by atoms with Crippen LogP contribution in [0.15, 0.2) is 30.2 Å². The average Bonchev–Trinajstić information content (AvgIpc) is 2.89. The number of rotatable bonds is 4. The molecule has 9 heteroatoms. The third kappa shape index (κ3) is 2.95. The lowest BCUT2D eigenvalue weighted by atomic mass is 10.1. The molecule has 0 aromatic carbocycles. The molecule has 22 heavy (non-hydrogen) atoms. The zero-order valence-corrected chi connectivity index (χ0v) is 13.8. The predicted octanol–water partition coefficient (Wildman–Crippen LogP) is 2.24. The quantitative estimate of drug-likeness (QED) is 0.741. The number of fused-ring (bicyclic) bond motifs is 1. The normalized spacial score (nSPS) is 11.0. The van der Waals surface area contributed by atoms with Crippen molar-refractivity contribution >= 4 is 38.4 Å². The number of nitrogens with one attached hydrogen (secondary N) is 1. The Morgan fingerprint density at radius 2 is 2.27 bits per heavy atom. The van der Waals surface area contributed by atoms with Crippen LogP contribution in [-0.4, -0.2) is 15.0 Å². The lowest BCUT2D eigenvalue weighted by Gasteiger charge is -2.05. The molecule has 0 unspecified atom stereocenters.